The topological polar surface area (TPSA) is 105 Å². The van der Waals surface area contributed by atoms with Crippen LogP contribution in [0.3, 0.4) is 0 Å². The fraction of sp³-hybridized carbons (Fsp3) is 0.238. The van der Waals surface area contributed by atoms with E-state index in [9.17, 15) is 28.0 Å². The van der Waals surface area contributed by atoms with Gasteiger partial charge in [-0.15, -0.1) is 0 Å². The van der Waals surface area contributed by atoms with Crippen LogP contribution in [0.4, 0.5) is 14.5 Å². The summed E-state index contributed by atoms with van der Waals surface area (Å²) in [5, 5.41) is 4.35. The highest BCUT2D eigenvalue weighted by Crippen LogP contribution is 2.30. The van der Waals surface area contributed by atoms with Gasteiger partial charge in [-0.1, -0.05) is 6.07 Å². The largest absolute Gasteiger partial charge is 0.484 e. The van der Waals surface area contributed by atoms with Gasteiger partial charge in [0.1, 0.15) is 29.1 Å². The standard InChI is InChI=1S/C21H17F2N3O5/c22-14-2-1-3-15(23)19(14)24-18(28)10-31-12-4-5-13-11(8-12)9-26(21(13)30)16-6-7-17(27)25-20(16)29/h1-5,8,16H,6-7,9-10H2,(H,24,28)(H,25,27,29). The molecule has 0 spiro atoms. The molecule has 1 saturated heterocycles. The van der Waals surface area contributed by atoms with Gasteiger partial charge in [0.2, 0.25) is 11.8 Å². The predicted molar refractivity (Wildman–Crippen MR) is 103 cm³/mol. The van der Waals surface area contributed by atoms with Crippen molar-refractivity contribution in [2.75, 3.05) is 11.9 Å². The third-order valence-electron chi connectivity index (χ3n) is 5.09. The highest BCUT2D eigenvalue weighted by Gasteiger charge is 2.39. The Balaban J connectivity index is 1.40. The molecule has 1 unspecified atom stereocenters. The van der Waals surface area contributed by atoms with Crippen molar-refractivity contribution in [1.29, 1.82) is 0 Å². The zero-order valence-corrected chi connectivity index (χ0v) is 16.1. The Bertz CT molecular complexity index is 1080. The summed E-state index contributed by atoms with van der Waals surface area (Å²) < 4.78 is 32.6. The molecule has 4 amide bonds. The van der Waals surface area contributed by atoms with Crippen LogP contribution in [-0.4, -0.2) is 41.2 Å². The SMILES string of the molecule is O=C1CCC(N2Cc3cc(OCC(=O)Nc4c(F)cccc4F)ccc3C2=O)C(=O)N1. The van der Waals surface area contributed by atoms with Crippen LogP contribution in [0.25, 0.3) is 0 Å². The summed E-state index contributed by atoms with van der Waals surface area (Å²) in [6.45, 7) is -0.346. The second kappa shape index (κ2) is 8.13. The molecule has 2 aromatic rings. The van der Waals surface area contributed by atoms with E-state index < -0.39 is 41.8 Å². The van der Waals surface area contributed by atoms with Gasteiger partial charge in [0.25, 0.3) is 11.8 Å². The molecule has 10 heteroatoms. The molecule has 0 aliphatic carbocycles. The lowest BCUT2D eigenvalue weighted by Crippen LogP contribution is -2.52. The second-order valence-electron chi connectivity index (χ2n) is 7.15. The Labute approximate surface area is 175 Å². The molecular formula is C21H17F2N3O5. The molecule has 4 rings (SSSR count). The van der Waals surface area contributed by atoms with Gasteiger partial charge in [-0.2, -0.15) is 0 Å². The Morgan fingerprint density at radius 2 is 1.90 bits per heavy atom. The van der Waals surface area contributed by atoms with Crippen LogP contribution in [-0.2, 0) is 20.9 Å². The van der Waals surface area contributed by atoms with Gasteiger partial charge in [0, 0.05) is 18.5 Å². The number of hydrogen-bond donors (Lipinski definition) is 2. The van der Waals surface area contributed by atoms with Crippen LogP contribution in [0.2, 0.25) is 0 Å². The number of hydrogen-bond acceptors (Lipinski definition) is 5. The first kappa shape index (κ1) is 20.5. The normalized spacial score (nSPS) is 17.9. The third-order valence-corrected chi connectivity index (χ3v) is 5.09. The van der Waals surface area contributed by atoms with Gasteiger partial charge in [0.15, 0.2) is 6.61 Å². The zero-order chi connectivity index (χ0) is 22.1. The number of ether oxygens (including phenoxy) is 1. The van der Waals surface area contributed by atoms with E-state index in [-0.39, 0.29) is 37.0 Å². The third kappa shape index (κ3) is 4.09. The average molecular weight is 429 g/mol. The number of fused-ring (bicyclic) bond motifs is 1. The van der Waals surface area contributed by atoms with Crippen molar-refractivity contribution in [2.24, 2.45) is 0 Å². The highest BCUT2D eigenvalue weighted by atomic mass is 19.1. The van der Waals surface area contributed by atoms with Gasteiger partial charge >= 0.3 is 0 Å². The summed E-state index contributed by atoms with van der Waals surface area (Å²) in [6.07, 6.45) is 0.406. The molecule has 2 aromatic carbocycles. The number of carbonyl (C=O) groups excluding carboxylic acids is 4. The molecule has 1 atom stereocenters. The van der Waals surface area contributed by atoms with Gasteiger partial charge in [-0.05, 0) is 42.3 Å². The van der Waals surface area contributed by atoms with Crippen LogP contribution >= 0.6 is 0 Å². The Kier molecular flexibility index (Phi) is 5.37. The summed E-state index contributed by atoms with van der Waals surface area (Å²) in [4.78, 5) is 49.5. The van der Waals surface area contributed by atoms with Crippen molar-refractivity contribution >= 4 is 29.3 Å². The Hall–Kier alpha value is -3.82. The smallest absolute Gasteiger partial charge is 0.262 e. The maximum Gasteiger partial charge on any atom is 0.262 e. The van der Waals surface area contributed by atoms with Crippen molar-refractivity contribution in [3.63, 3.8) is 0 Å². The fourth-order valence-electron chi connectivity index (χ4n) is 3.58. The van der Waals surface area contributed by atoms with Crippen molar-refractivity contribution in [3.8, 4) is 5.75 Å². The first-order valence-corrected chi connectivity index (χ1v) is 9.47. The monoisotopic (exact) mass is 429 g/mol. The molecule has 0 radical (unpaired) electrons. The molecule has 0 aromatic heterocycles. The van der Waals surface area contributed by atoms with Gasteiger partial charge in [-0.3, -0.25) is 24.5 Å². The number of piperidine rings is 1. The van der Waals surface area contributed by atoms with E-state index in [1.165, 1.54) is 23.1 Å². The van der Waals surface area contributed by atoms with Crippen LogP contribution in [0, 0.1) is 11.6 Å². The first-order chi connectivity index (χ1) is 14.8. The van der Waals surface area contributed by atoms with Crippen molar-refractivity contribution in [1.82, 2.24) is 10.2 Å². The summed E-state index contributed by atoms with van der Waals surface area (Å²) in [6, 6.07) is 7.06. The molecule has 2 aliphatic rings. The van der Waals surface area contributed by atoms with Crippen LogP contribution in [0.5, 0.6) is 5.75 Å². The van der Waals surface area contributed by atoms with Gasteiger partial charge in [0.05, 0.1) is 0 Å². The molecule has 8 nitrogen and oxygen atoms in total. The lowest BCUT2D eigenvalue weighted by Gasteiger charge is -2.29. The molecular weight excluding hydrogens is 412 g/mol. The van der Waals surface area contributed by atoms with Crippen molar-refractivity contribution in [2.45, 2.75) is 25.4 Å². The molecule has 2 heterocycles. The number of carbonyl (C=O) groups is 4. The van der Waals surface area contributed by atoms with Crippen LogP contribution in [0.15, 0.2) is 36.4 Å². The molecule has 0 bridgehead atoms. The molecule has 0 saturated carbocycles. The van der Waals surface area contributed by atoms with Crippen molar-refractivity contribution < 1.29 is 32.7 Å². The summed E-state index contributed by atoms with van der Waals surface area (Å²) in [7, 11) is 0. The summed E-state index contributed by atoms with van der Waals surface area (Å²) in [5.41, 5.74) is 0.443. The quantitative estimate of drug-likeness (QED) is 0.705. The highest BCUT2D eigenvalue weighted by molar-refractivity contribution is 6.05. The fourth-order valence-corrected chi connectivity index (χ4v) is 3.58. The first-order valence-electron chi connectivity index (χ1n) is 9.47. The minimum absolute atomic E-state index is 0.155. The minimum atomic E-state index is -0.905. The van der Waals surface area contributed by atoms with E-state index >= 15 is 0 Å². The lowest BCUT2D eigenvalue weighted by molar-refractivity contribution is -0.137. The zero-order valence-electron chi connectivity index (χ0n) is 16.1. The number of para-hydroxylation sites is 1. The van der Waals surface area contributed by atoms with E-state index in [2.05, 4.69) is 10.6 Å². The van der Waals surface area contributed by atoms with Crippen LogP contribution in [0.1, 0.15) is 28.8 Å². The molecule has 160 valence electrons. The summed E-state index contributed by atoms with van der Waals surface area (Å²) >= 11 is 0. The Morgan fingerprint density at radius 1 is 1.16 bits per heavy atom. The number of nitrogens with zero attached hydrogens (tertiary/aromatic N) is 1. The summed E-state index contributed by atoms with van der Waals surface area (Å²) in [5.74, 6) is -3.49. The number of amides is 4. The maximum atomic E-state index is 13.6. The van der Waals surface area contributed by atoms with E-state index in [1.54, 1.807) is 6.07 Å². The number of anilines is 1. The number of benzene rings is 2. The van der Waals surface area contributed by atoms with Gasteiger partial charge in [-0.25, -0.2) is 8.78 Å². The molecule has 1 fully saturated rings. The van der Waals surface area contributed by atoms with E-state index in [4.69, 9.17) is 4.74 Å². The average Bonchev–Trinajstić information content (AvgIpc) is 3.05. The number of halogens is 2. The van der Waals surface area contributed by atoms with E-state index in [0.29, 0.717) is 11.1 Å². The predicted octanol–water partition coefficient (Wildman–Crippen LogP) is 1.74. The van der Waals surface area contributed by atoms with Crippen molar-refractivity contribution in [3.05, 3.63) is 59.2 Å². The minimum Gasteiger partial charge on any atom is -0.484 e. The number of imide groups is 1. The number of nitrogens with one attached hydrogen (secondary N) is 2. The number of rotatable bonds is 5. The molecule has 2 N–H and O–H groups in total. The Morgan fingerprint density at radius 3 is 2.61 bits per heavy atom. The van der Waals surface area contributed by atoms with E-state index in [1.807, 2.05) is 0 Å². The lowest BCUT2D eigenvalue weighted by atomic mass is 10.0. The van der Waals surface area contributed by atoms with Crippen LogP contribution < -0.4 is 15.4 Å². The molecule has 2 aliphatic heterocycles. The van der Waals surface area contributed by atoms with Gasteiger partial charge < -0.3 is 15.0 Å². The molecule has 31 heavy (non-hydrogen) atoms. The van der Waals surface area contributed by atoms with E-state index in [0.717, 1.165) is 12.1 Å². The maximum absolute atomic E-state index is 13.6. The second-order valence-corrected chi connectivity index (χ2v) is 7.15.